The summed E-state index contributed by atoms with van der Waals surface area (Å²) in [4.78, 5) is 25.4. The molecule has 5 heteroatoms. The Balaban J connectivity index is 1.38. The molecule has 2 aromatic rings. The fourth-order valence-electron chi connectivity index (χ4n) is 4.84. The minimum absolute atomic E-state index is 0.00622. The molecule has 0 aromatic heterocycles. The molecule has 1 fully saturated rings. The van der Waals surface area contributed by atoms with Gasteiger partial charge in [-0.2, -0.15) is 0 Å². The number of fused-ring (bicyclic) bond motifs is 3. The number of nitrogens with one attached hydrogen (secondary N) is 2. The number of rotatable bonds is 6. The van der Waals surface area contributed by atoms with Crippen molar-refractivity contribution in [1.82, 2.24) is 10.6 Å². The van der Waals surface area contributed by atoms with Gasteiger partial charge in [0.25, 0.3) is 0 Å². The Morgan fingerprint density at radius 1 is 0.935 bits per heavy atom. The average molecular weight is 421 g/mol. The van der Waals surface area contributed by atoms with Gasteiger partial charge in [0.15, 0.2) is 0 Å². The topological polar surface area (TPSA) is 67.4 Å². The Kier molecular flexibility index (Phi) is 6.59. The third-order valence-electron chi connectivity index (χ3n) is 6.52. The smallest absolute Gasteiger partial charge is 0.407 e. The second-order valence-electron chi connectivity index (χ2n) is 9.04. The van der Waals surface area contributed by atoms with E-state index in [1.807, 2.05) is 38.1 Å². The molecule has 2 amide bonds. The van der Waals surface area contributed by atoms with E-state index in [1.54, 1.807) is 0 Å². The van der Waals surface area contributed by atoms with Crippen molar-refractivity contribution >= 4 is 12.0 Å². The largest absolute Gasteiger partial charge is 0.449 e. The fourth-order valence-corrected chi connectivity index (χ4v) is 4.84. The van der Waals surface area contributed by atoms with Gasteiger partial charge in [-0.1, -0.05) is 81.6 Å². The van der Waals surface area contributed by atoms with Gasteiger partial charge in [-0.25, -0.2) is 4.79 Å². The summed E-state index contributed by atoms with van der Waals surface area (Å²) in [5.74, 6) is -0.133. The van der Waals surface area contributed by atoms with E-state index in [0.717, 1.165) is 25.7 Å². The quantitative estimate of drug-likeness (QED) is 0.691. The number of ether oxygens (including phenoxy) is 1. The molecule has 0 radical (unpaired) electrons. The highest BCUT2D eigenvalue weighted by Gasteiger charge is 2.31. The molecule has 2 aromatic carbocycles. The molecule has 1 atom stereocenters. The highest BCUT2D eigenvalue weighted by Crippen LogP contribution is 2.44. The van der Waals surface area contributed by atoms with Gasteiger partial charge in [0.1, 0.15) is 12.6 Å². The maximum Gasteiger partial charge on any atom is 0.407 e. The molecule has 1 saturated carbocycles. The summed E-state index contributed by atoms with van der Waals surface area (Å²) in [7, 11) is 0. The number of carbonyl (C=O) groups is 2. The Morgan fingerprint density at radius 2 is 1.52 bits per heavy atom. The zero-order chi connectivity index (χ0) is 21.8. The van der Waals surface area contributed by atoms with Crippen LogP contribution in [-0.4, -0.2) is 30.7 Å². The fraction of sp³-hybridized carbons (Fsp3) is 0.462. The van der Waals surface area contributed by atoms with Crippen LogP contribution in [0.3, 0.4) is 0 Å². The third-order valence-corrected chi connectivity index (χ3v) is 6.52. The molecule has 4 rings (SSSR count). The van der Waals surface area contributed by atoms with Crippen LogP contribution in [0, 0.1) is 5.92 Å². The zero-order valence-electron chi connectivity index (χ0n) is 18.4. The van der Waals surface area contributed by atoms with E-state index in [4.69, 9.17) is 4.74 Å². The van der Waals surface area contributed by atoms with Crippen LogP contribution in [-0.2, 0) is 9.53 Å². The molecule has 5 nitrogen and oxygen atoms in total. The maximum absolute atomic E-state index is 12.8. The number of amides is 2. The van der Waals surface area contributed by atoms with E-state index >= 15 is 0 Å². The van der Waals surface area contributed by atoms with Gasteiger partial charge < -0.3 is 15.4 Å². The first-order valence-electron chi connectivity index (χ1n) is 11.5. The van der Waals surface area contributed by atoms with Gasteiger partial charge >= 0.3 is 6.09 Å². The van der Waals surface area contributed by atoms with E-state index in [2.05, 4.69) is 34.9 Å². The summed E-state index contributed by atoms with van der Waals surface area (Å²) < 4.78 is 5.63. The first kappa shape index (κ1) is 21.4. The molecule has 31 heavy (non-hydrogen) atoms. The highest BCUT2D eigenvalue weighted by molar-refractivity contribution is 5.86. The molecule has 0 spiro atoms. The van der Waals surface area contributed by atoms with E-state index in [1.165, 1.54) is 28.7 Å². The van der Waals surface area contributed by atoms with Crippen molar-refractivity contribution < 1.29 is 14.3 Å². The predicted octanol–water partition coefficient (Wildman–Crippen LogP) is 5.00. The molecule has 0 unspecified atom stereocenters. The molecular weight excluding hydrogens is 388 g/mol. The summed E-state index contributed by atoms with van der Waals surface area (Å²) in [6, 6.07) is 16.1. The van der Waals surface area contributed by atoms with Crippen molar-refractivity contribution in [1.29, 1.82) is 0 Å². The first-order valence-corrected chi connectivity index (χ1v) is 11.5. The summed E-state index contributed by atoms with van der Waals surface area (Å²) in [5, 5.41) is 5.92. The van der Waals surface area contributed by atoms with Gasteiger partial charge in [-0.3, -0.25) is 4.79 Å². The average Bonchev–Trinajstić information content (AvgIpc) is 3.10. The standard InChI is InChI=1S/C26H32N2O3/c1-17(2)24(25(29)27-18-10-4-3-5-11-18)28-26(30)31-16-23-21-14-8-6-12-19(21)20-13-7-9-15-22(20)23/h6-9,12-15,17-18,23-24H,3-5,10-11,16H2,1-2H3,(H,27,29)(H,28,30)/t24-/m0/s1. The number of carbonyl (C=O) groups excluding carboxylic acids is 2. The van der Waals surface area contributed by atoms with Crippen molar-refractivity contribution in [3.8, 4) is 11.1 Å². The number of benzene rings is 2. The normalized spacial score (nSPS) is 17.0. The summed E-state index contributed by atoms with van der Waals surface area (Å²) in [6.45, 7) is 4.12. The van der Waals surface area contributed by atoms with Gasteiger partial charge in [0, 0.05) is 12.0 Å². The lowest BCUT2D eigenvalue weighted by atomic mass is 9.94. The molecule has 164 valence electrons. The summed E-state index contributed by atoms with van der Waals surface area (Å²) in [5.41, 5.74) is 4.73. The van der Waals surface area contributed by atoms with E-state index in [0.29, 0.717) is 0 Å². The molecule has 0 bridgehead atoms. The molecule has 2 aliphatic rings. The van der Waals surface area contributed by atoms with Crippen molar-refractivity contribution in [2.45, 2.75) is 64.0 Å². The first-order chi connectivity index (χ1) is 15.0. The van der Waals surface area contributed by atoms with Crippen LogP contribution in [0.1, 0.15) is 63.0 Å². The van der Waals surface area contributed by atoms with Crippen molar-refractivity contribution in [2.75, 3.05) is 6.61 Å². The van der Waals surface area contributed by atoms with E-state index in [9.17, 15) is 9.59 Å². The molecule has 2 N–H and O–H groups in total. The van der Waals surface area contributed by atoms with Crippen LogP contribution < -0.4 is 10.6 Å². The summed E-state index contributed by atoms with van der Waals surface area (Å²) >= 11 is 0. The van der Waals surface area contributed by atoms with E-state index < -0.39 is 12.1 Å². The van der Waals surface area contributed by atoms with Crippen LogP contribution in [0.25, 0.3) is 11.1 Å². The number of hydrogen-bond donors (Lipinski definition) is 2. The lowest BCUT2D eigenvalue weighted by Gasteiger charge is -2.27. The lowest BCUT2D eigenvalue weighted by molar-refractivity contribution is -0.125. The second kappa shape index (κ2) is 9.54. The Labute approximate surface area is 184 Å². The minimum atomic E-state index is -0.599. The number of hydrogen-bond acceptors (Lipinski definition) is 3. The van der Waals surface area contributed by atoms with Gasteiger partial charge in [-0.15, -0.1) is 0 Å². The van der Waals surface area contributed by atoms with Crippen molar-refractivity contribution in [2.24, 2.45) is 5.92 Å². The molecule has 2 aliphatic carbocycles. The Morgan fingerprint density at radius 3 is 2.10 bits per heavy atom. The SMILES string of the molecule is CC(C)[C@H](NC(=O)OCC1c2ccccc2-c2ccccc21)C(=O)NC1CCCCC1. The van der Waals surface area contributed by atoms with Crippen LogP contribution in [0.5, 0.6) is 0 Å². The predicted molar refractivity (Wildman–Crippen MR) is 122 cm³/mol. The van der Waals surface area contributed by atoms with Crippen LogP contribution in [0.2, 0.25) is 0 Å². The summed E-state index contributed by atoms with van der Waals surface area (Å²) in [6.07, 6.45) is 5.02. The number of alkyl carbamates (subject to hydrolysis) is 1. The zero-order valence-corrected chi connectivity index (χ0v) is 18.4. The van der Waals surface area contributed by atoms with Gasteiger partial charge in [0.2, 0.25) is 5.91 Å². The maximum atomic E-state index is 12.8. The monoisotopic (exact) mass is 420 g/mol. The molecule has 0 heterocycles. The van der Waals surface area contributed by atoms with Gasteiger partial charge in [0.05, 0.1) is 0 Å². The van der Waals surface area contributed by atoms with Crippen LogP contribution in [0.4, 0.5) is 4.79 Å². The lowest BCUT2D eigenvalue weighted by Crippen LogP contribution is -2.52. The van der Waals surface area contributed by atoms with E-state index in [-0.39, 0.29) is 30.4 Å². The van der Waals surface area contributed by atoms with Gasteiger partial charge in [-0.05, 0) is 41.0 Å². The van der Waals surface area contributed by atoms with Crippen LogP contribution in [0.15, 0.2) is 48.5 Å². The Bertz CT molecular complexity index is 888. The van der Waals surface area contributed by atoms with Crippen molar-refractivity contribution in [3.63, 3.8) is 0 Å². The van der Waals surface area contributed by atoms with Crippen molar-refractivity contribution in [3.05, 3.63) is 59.7 Å². The highest BCUT2D eigenvalue weighted by atomic mass is 16.5. The third kappa shape index (κ3) is 4.76. The Hall–Kier alpha value is -2.82. The second-order valence-corrected chi connectivity index (χ2v) is 9.04. The molecular formula is C26H32N2O3. The minimum Gasteiger partial charge on any atom is -0.449 e. The molecule has 0 aliphatic heterocycles. The molecule has 0 saturated heterocycles. The van der Waals surface area contributed by atoms with Crippen LogP contribution >= 0.6 is 0 Å².